The fourth-order valence-corrected chi connectivity index (χ4v) is 2.12. The van der Waals surface area contributed by atoms with Crippen LogP contribution in [0, 0.1) is 5.92 Å². The van der Waals surface area contributed by atoms with Crippen LogP contribution in [0.3, 0.4) is 0 Å². The molecule has 0 aromatic carbocycles. The molecule has 0 aromatic rings. The van der Waals surface area contributed by atoms with Crippen molar-refractivity contribution in [2.24, 2.45) is 5.92 Å². The number of hydrogen-bond donors (Lipinski definition) is 1. The Bertz CT molecular complexity index is 389. The van der Waals surface area contributed by atoms with Gasteiger partial charge in [-0.15, -0.1) is 0 Å². The summed E-state index contributed by atoms with van der Waals surface area (Å²) in [7, 11) is 0. The third-order valence-corrected chi connectivity index (χ3v) is 3.49. The highest BCUT2D eigenvalue weighted by Crippen LogP contribution is 2.04. The van der Waals surface area contributed by atoms with Gasteiger partial charge >= 0.3 is 5.97 Å². The fourth-order valence-electron chi connectivity index (χ4n) is 2.12. The normalized spacial score (nSPS) is 13.8. The number of hydrogen-bond acceptors (Lipinski definition) is 1. The van der Waals surface area contributed by atoms with E-state index in [-0.39, 0.29) is 6.42 Å². The number of aliphatic carboxylic acids is 1. The first kappa shape index (κ1) is 21.4. The summed E-state index contributed by atoms with van der Waals surface area (Å²) in [5, 5.41) is 8.55. The summed E-state index contributed by atoms with van der Waals surface area (Å²) in [5.41, 5.74) is 0. The van der Waals surface area contributed by atoms with Gasteiger partial charge in [0.2, 0.25) is 0 Å². The Hall–Kier alpha value is -1.57. The van der Waals surface area contributed by atoms with Crippen molar-refractivity contribution in [3.8, 4) is 0 Å². The first-order chi connectivity index (χ1) is 11.2. The maximum Gasteiger partial charge on any atom is 0.303 e. The minimum absolute atomic E-state index is 0.256. The molecule has 2 nitrogen and oxygen atoms in total. The van der Waals surface area contributed by atoms with E-state index in [9.17, 15) is 4.79 Å². The SMILES string of the molecule is CCCCCC=CCC=CCC=CC(C)/C=C\CCCC(=O)O. The van der Waals surface area contributed by atoms with E-state index < -0.39 is 5.97 Å². The molecule has 0 saturated carbocycles. The van der Waals surface area contributed by atoms with Gasteiger partial charge in [0, 0.05) is 6.42 Å². The van der Waals surface area contributed by atoms with E-state index in [1.54, 1.807) is 0 Å². The Morgan fingerprint density at radius 1 is 0.870 bits per heavy atom. The number of carboxylic acid groups (broad SMARTS) is 1. The molecular formula is C21H34O2. The summed E-state index contributed by atoms with van der Waals surface area (Å²) >= 11 is 0. The molecule has 0 fully saturated rings. The van der Waals surface area contributed by atoms with Gasteiger partial charge in [-0.25, -0.2) is 0 Å². The number of allylic oxidation sites excluding steroid dienone is 8. The first-order valence-corrected chi connectivity index (χ1v) is 9.02. The van der Waals surface area contributed by atoms with Crippen molar-refractivity contribution in [2.75, 3.05) is 0 Å². The van der Waals surface area contributed by atoms with Gasteiger partial charge in [0.15, 0.2) is 0 Å². The Balaban J connectivity index is 3.61. The van der Waals surface area contributed by atoms with E-state index in [1.807, 2.05) is 0 Å². The summed E-state index contributed by atoms with van der Waals surface area (Å²) in [6, 6.07) is 0. The number of carboxylic acids is 1. The molecule has 0 spiro atoms. The highest BCUT2D eigenvalue weighted by molar-refractivity contribution is 5.66. The van der Waals surface area contributed by atoms with Gasteiger partial charge in [-0.2, -0.15) is 0 Å². The van der Waals surface area contributed by atoms with E-state index >= 15 is 0 Å². The van der Waals surface area contributed by atoms with Gasteiger partial charge in [-0.1, -0.05) is 75.3 Å². The molecule has 0 rings (SSSR count). The van der Waals surface area contributed by atoms with E-state index in [1.165, 1.54) is 25.7 Å². The molecule has 0 aliphatic rings. The van der Waals surface area contributed by atoms with Crippen LogP contribution in [0.25, 0.3) is 0 Å². The van der Waals surface area contributed by atoms with Crippen LogP contribution in [0.5, 0.6) is 0 Å². The van der Waals surface area contributed by atoms with E-state index in [0.29, 0.717) is 5.92 Å². The molecule has 0 aromatic heterocycles. The zero-order chi connectivity index (χ0) is 17.2. The lowest BCUT2D eigenvalue weighted by Crippen LogP contribution is -1.92. The summed E-state index contributed by atoms with van der Waals surface area (Å²) in [4.78, 5) is 10.4. The van der Waals surface area contributed by atoms with Gasteiger partial charge in [-0.05, 0) is 44.4 Å². The Labute approximate surface area is 142 Å². The summed E-state index contributed by atoms with van der Waals surface area (Å²) in [6.45, 7) is 4.38. The van der Waals surface area contributed by atoms with Crippen molar-refractivity contribution in [2.45, 2.75) is 71.6 Å². The molecule has 23 heavy (non-hydrogen) atoms. The molecule has 2 heteroatoms. The number of rotatable bonds is 14. The van der Waals surface area contributed by atoms with Crippen LogP contribution >= 0.6 is 0 Å². The molecule has 0 aliphatic carbocycles. The molecule has 1 unspecified atom stereocenters. The smallest absolute Gasteiger partial charge is 0.303 e. The third kappa shape index (κ3) is 18.4. The van der Waals surface area contributed by atoms with Crippen LogP contribution in [0.1, 0.15) is 71.6 Å². The zero-order valence-corrected chi connectivity index (χ0v) is 14.9. The number of unbranched alkanes of at least 4 members (excludes halogenated alkanes) is 4. The molecule has 0 radical (unpaired) electrons. The molecule has 1 N–H and O–H groups in total. The lowest BCUT2D eigenvalue weighted by atomic mass is 10.1. The van der Waals surface area contributed by atoms with Crippen molar-refractivity contribution in [3.05, 3.63) is 48.6 Å². The lowest BCUT2D eigenvalue weighted by molar-refractivity contribution is -0.137. The monoisotopic (exact) mass is 318 g/mol. The minimum Gasteiger partial charge on any atom is -0.481 e. The van der Waals surface area contributed by atoms with Crippen LogP contribution in [-0.2, 0) is 4.79 Å². The molecule has 0 heterocycles. The maximum atomic E-state index is 10.4. The zero-order valence-electron chi connectivity index (χ0n) is 14.9. The Kier molecular flexibility index (Phi) is 15.6. The summed E-state index contributed by atoms with van der Waals surface area (Å²) < 4.78 is 0. The Morgan fingerprint density at radius 2 is 1.48 bits per heavy atom. The average Bonchev–Trinajstić information content (AvgIpc) is 2.52. The van der Waals surface area contributed by atoms with Crippen LogP contribution in [0.15, 0.2) is 48.6 Å². The molecular weight excluding hydrogens is 284 g/mol. The van der Waals surface area contributed by atoms with Gasteiger partial charge in [0.05, 0.1) is 0 Å². The van der Waals surface area contributed by atoms with Gasteiger partial charge in [0.25, 0.3) is 0 Å². The average molecular weight is 319 g/mol. The van der Waals surface area contributed by atoms with E-state index in [0.717, 1.165) is 25.7 Å². The largest absolute Gasteiger partial charge is 0.481 e. The second-order valence-corrected chi connectivity index (χ2v) is 5.91. The minimum atomic E-state index is -0.714. The molecule has 0 bridgehead atoms. The van der Waals surface area contributed by atoms with Gasteiger partial charge < -0.3 is 5.11 Å². The fraction of sp³-hybridized carbons (Fsp3) is 0.571. The number of carbonyl (C=O) groups is 1. The summed E-state index contributed by atoms with van der Waals surface area (Å²) in [6.07, 6.45) is 26.5. The maximum absolute atomic E-state index is 10.4. The van der Waals surface area contributed by atoms with Crippen LogP contribution in [0.4, 0.5) is 0 Å². The van der Waals surface area contributed by atoms with Crippen molar-refractivity contribution in [1.29, 1.82) is 0 Å². The van der Waals surface area contributed by atoms with Crippen LogP contribution < -0.4 is 0 Å². The second kappa shape index (κ2) is 16.8. The second-order valence-electron chi connectivity index (χ2n) is 5.91. The lowest BCUT2D eigenvalue weighted by Gasteiger charge is -1.97. The molecule has 0 saturated heterocycles. The Morgan fingerprint density at radius 3 is 2.17 bits per heavy atom. The third-order valence-electron chi connectivity index (χ3n) is 3.49. The van der Waals surface area contributed by atoms with Crippen LogP contribution in [0.2, 0.25) is 0 Å². The quantitative estimate of drug-likeness (QED) is 0.294. The molecule has 1 atom stereocenters. The van der Waals surface area contributed by atoms with E-state index in [2.05, 4.69) is 62.5 Å². The van der Waals surface area contributed by atoms with Crippen LogP contribution in [-0.4, -0.2) is 11.1 Å². The predicted molar refractivity (Wildman–Crippen MR) is 101 cm³/mol. The van der Waals surface area contributed by atoms with Crippen molar-refractivity contribution < 1.29 is 9.90 Å². The van der Waals surface area contributed by atoms with Gasteiger partial charge in [-0.3, -0.25) is 4.79 Å². The highest BCUT2D eigenvalue weighted by Gasteiger charge is 1.94. The van der Waals surface area contributed by atoms with Crippen molar-refractivity contribution >= 4 is 5.97 Å². The first-order valence-electron chi connectivity index (χ1n) is 9.02. The summed E-state index contributed by atoms with van der Waals surface area (Å²) in [5.74, 6) is -0.305. The van der Waals surface area contributed by atoms with Gasteiger partial charge in [0.1, 0.15) is 0 Å². The molecule has 0 aliphatic heterocycles. The highest BCUT2D eigenvalue weighted by atomic mass is 16.4. The topological polar surface area (TPSA) is 37.3 Å². The van der Waals surface area contributed by atoms with Crippen molar-refractivity contribution in [3.63, 3.8) is 0 Å². The molecule has 0 amide bonds. The molecule has 130 valence electrons. The van der Waals surface area contributed by atoms with E-state index in [4.69, 9.17) is 5.11 Å². The van der Waals surface area contributed by atoms with Crippen molar-refractivity contribution in [1.82, 2.24) is 0 Å². The predicted octanol–water partition coefficient (Wildman–Crippen LogP) is 6.46. The standard InChI is InChI=1S/C21H34O2/c1-3-4-5-6-7-8-9-10-11-12-14-17-20(2)18-15-13-16-19-21(22)23/h7-8,10-11,14-15,17-18,20H,3-6,9,12-13,16,19H2,1-2H3,(H,22,23)/b8-7?,11-10?,17-14?,18-15-.